The molecule has 18 heavy (non-hydrogen) atoms. The van der Waals surface area contributed by atoms with Gasteiger partial charge in [0.15, 0.2) is 0 Å². The third kappa shape index (κ3) is 3.60. The van der Waals surface area contributed by atoms with Crippen LogP contribution in [0, 0.1) is 11.3 Å². The predicted molar refractivity (Wildman–Crippen MR) is 82.7 cm³/mol. The topological polar surface area (TPSA) is 0 Å². The quantitative estimate of drug-likeness (QED) is 0.378. The predicted octanol–water partition coefficient (Wildman–Crippen LogP) is 6.06. The fourth-order valence-electron chi connectivity index (χ4n) is 3.28. The van der Waals surface area contributed by atoms with E-state index < -0.39 is 0 Å². The second-order valence-corrected chi connectivity index (χ2v) is 5.61. The minimum absolute atomic E-state index is 0.375. The van der Waals surface area contributed by atoms with E-state index in [-0.39, 0.29) is 0 Å². The minimum atomic E-state index is 0.375. The van der Waals surface area contributed by atoms with Crippen LogP contribution in [-0.4, -0.2) is 0 Å². The first kappa shape index (κ1) is 15.3. The lowest BCUT2D eigenvalue weighted by molar-refractivity contribution is 0.229. The molecule has 0 nitrogen and oxygen atoms in total. The lowest BCUT2D eigenvalue weighted by Gasteiger charge is -2.36. The van der Waals surface area contributed by atoms with Crippen LogP contribution in [0.3, 0.4) is 0 Å². The molecule has 0 aromatic carbocycles. The zero-order valence-electron chi connectivity index (χ0n) is 12.5. The largest absolute Gasteiger partial charge is 0.0988 e. The zero-order chi connectivity index (χ0) is 13.4. The Morgan fingerprint density at radius 3 is 2.67 bits per heavy atom. The number of hydrogen-bond donors (Lipinski definition) is 0. The summed E-state index contributed by atoms with van der Waals surface area (Å²) in [7, 11) is 0. The third-order valence-corrected chi connectivity index (χ3v) is 4.54. The Morgan fingerprint density at radius 2 is 2.11 bits per heavy atom. The molecule has 1 aliphatic rings. The average molecular weight is 246 g/mol. The molecule has 1 aliphatic carbocycles. The van der Waals surface area contributed by atoms with Gasteiger partial charge < -0.3 is 0 Å². The second kappa shape index (κ2) is 7.61. The minimum Gasteiger partial charge on any atom is -0.0988 e. The first-order valence-corrected chi connectivity index (χ1v) is 7.73. The highest BCUT2D eigenvalue weighted by Crippen LogP contribution is 2.44. The van der Waals surface area contributed by atoms with Crippen molar-refractivity contribution in [2.45, 2.75) is 65.7 Å². The van der Waals surface area contributed by atoms with Gasteiger partial charge in [0.2, 0.25) is 0 Å². The Balaban J connectivity index is 2.97. The van der Waals surface area contributed by atoms with Crippen molar-refractivity contribution in [3.8, 4) is 0 Å². The maximum Gasteiger partial charge on any atom is -0.00523 e. The molecule has 0 fully saturated rings. The van der Waals surface area contributed by atoms with E-state index in [9.17, 15) is 0 Å². The number of allylic oxidation sites excluding steroid dienone is 5. The van der Waals surface area contributed by atoms with E-state index >= 15 is 0 Å². The number of unbranched alkanes of at least 4 members (excludes halogenated alkanes) is 2. The molecular weight excluding hydrogens is 216 g/mol. The average Bonchev–Trinajstić information content (AvgIpc) is 2.58. The molecule has 0 saturated carbocycles. The van der Waals surface area contributed by atoms with E-state index in [0.717, 1.165) is 6.42 Å². The van der Waals surface area contributed by atoms with Gasteiger partial charge in [-0.15, -0.1) is 0 Å². The number of rotatable bonds is 7. The van der Waals surface area contributed by atoms with Crippen molar-refractivity contribution >= 4 is 0 Å². The molecule has 0 aromatic rings. The van der Waals surface area contributed by atoms with Crippen molar-refractivity contribution in [2.75, 3.05) is 0 Å². The smallest absolute Gasteiger partial charge is 0.00523 e. The van der Waals surface area contributed by atoms with E-state index in [1.54, 1.807) is 0 Å². The summed E-state index contributed by atoms with van der Waals surface area (Å²) in [6, 6.07) is 0. The van der Waals surface area contributed by atoms with Crippen LogP contribution in [0.2, 0.25) is 0 Å². The van der Waals surface area contributed by atoms with Gasteiger partial charge in [0.1, 0.15) is 0 Å². The molecular formula is C18H30. The van der Waals surface area contributed by atoms with Crippen LogP contribution < -0.4 is 0 Å². The Labute approximate surface area is 114 Å². The van der Waals surface area contributed by atoms with Crippen LogP contribution in [0.5, 0.6) is 0 Å². The summed E-state index contributed by atoms with van der Waals surface area (Å²) >= 11 is 0. The Kier molecular flexibility index (Phi) is 6.46. The van der Waals surface area contributed by atoms with Crippen molar-refractivity contribution in [3.05, 3.63) is 36.5 Å². The number of hydrogen-bond acceptors (Lipinski definition) is 0. The van der Waals surface area contributed by atoms with Gasteiger partial charge >= 0.3 is 0 Å². The van der Waals surface area contributed by atoms with Crippen LogP contribution in [0.25, 0.3) is 0 Å². The fourth-order valence-corrected chi connectivity index (χ4v) is 3.28. The molecule has 102 valence electrons. The Morgan fingerprint density at radius 1 is 1.33 bits per heavy atom. The molecule has 1 rings (SSSR count). The molecule has 0 N–H and O–H groups in total. The Bertz CT molecular complexity index is 308. The first-order valence-electron chi connectivity index (χ1n) is 7.73. The molecule has 0 spiro atoms. The molecule has 0 aromatic heterocycles. The van der Waals surface area contributed by atoms with Crippen molar-refractivity contribution in [2.24, 2.45) is 11.3 Å². The molecule has 0 saturated heterocycles. The van der Waals surface area contributed by atoms with Crippen molar-refractivity contribution in [1.82, 2.24) is 0 Å². The van der Waals surface area contributed by atoms with Crippen molar-refractivity contribution in [1.29, 1.82) is 0 Å². The highest BCUT2D eigenvalue weighted by Gasteiger charge is 2.33. The van der Waals surface area contributed by atoms with Crippen LogP contribution in [0.1, 0.15) is 65.7 Å². The summed E-state index contributed by atoms with van der Waals surface area (Å²) in [4.78, 5) is 0. The summed E-state index contributed by atoms with van der Waals surface area (Å²) in [5, 5.41) is 0. The highest BCUT2D eigenvalue weighted by molar-refractivity contribution is 5.27. The van der Waals surface area contributed by atoms with Gasteiger partial charge in [-0.05, 0) is 42.6 Å². The zero-order valence-corrected chi connectivity index (χ0v) is 12.5. The van der Waals surface area contributed by atoms with Gasteiger partial charge in [-0.25, -0.2) is 0 Å². The standard InChI is InChI=1S/C18H30/c1-5-9-10-14-18(8-4)15-16(6-2)12-11-13-17(18)7-3/h6,11,13,15,17H,2,5,7-10,12,14H2,1,3-4H3. The fraction of sp³-hybridized carbons (Fsp3) is 0.667. The summed E-state index contributed by atoms with van der Waals surface area (Å²) in [5.41, 5.74) is 1.79. The summed E-state index contributed by atoms with van der Waals surface area (Å²) < 4.78 is 0. The van der Waals surface area contributed by atoms with Gasteiger partial charge in [-0.3, -0.25) is 0 Å². The van der Waals surface area contributed by atoms with Crippen LogP contribution in [0.15, 0.2) is 36.5 Å². The molecule has 2 atom stereocenters. The van der Waals surface area contributed by atoms with Gasteiger partial charge in [0, 0.05) is 0 Å². The summed E-state index contributed by atoms with van der Waals surface area (Å²) in [5.74, 6) is 0.705. The molecule has 0 amide bonds. The third-order valence-electron chi connectivity index (χ3n) is 4.54. The van der Waals surface area contributed by atoms with Gasteiger partial charge in [-0.2, -0.15) is 0 Å². The van der Waals surface area contributed by atoms with Gasteiger partial charge in [0.25, 0.3) is 0 Å². The van der Waals surface area contributed by atoms with Crippen LogP contribution >= 0.6 is 0 Å². The molecule has 0 heterocycles. The highest BCUT2D eigenvalue weighted by atomic mass is 14.4. The second-order valence-electron chi connectivity index (χ2n) is 5.61. The van der Waals surface area contributed by atoms with E-state index in [1.165, 1.54) is 44.1 Å². The summed E-state index contributed by atoms with van der Waals surface area (Å²) in [6.07, 6.45) is 18.3. The van der Waals surface area contributed by atoms with E-state index in [0.29, 0.717) is 11.3 Å². The van der Waals surface area contributed by atoms with Crippen molar-refractivity contribution < 1.29 is 0 Å². The first-order chi connectivity index (χ1) is 8.72. The van der Waals surface area contributed by atoms with E-state index in [2.05, 4.69) is 45.6 Å². The summed E-state index contributed by atoms with van der Waals surface area (Å²) in [6.45, 7) is 10.9. The van der Waals surface area contributed by atoms with E-state index in [4.69, 9.17) is 0 Å². The monoisotopic (exact) mass is 246 g/mol. The van der Waals surface area contributed by atoms with Gasteiger partial charge in [-0.1, -0.05) is 70.9 Å². The van der Waals surface area contributed by atoms with Crippen LogP contribution in [-0.2, 0) is 0 Å². The van der Waals surface area contributed by atoms with Gasteiger partial charge in [0.05, 0.1) is 0 Å². The normalized spacial score (nSPS) is 27.7. The molecule has 0 aliphatic heterocycles. The SMILES string of the molecule is C=CC1=CC(CC)(CCCCC)C(CC)C=CC1. The maximum atomic E-state index is 3.97. The van der Waals surface area contributed by atoms with Crippen LogP contribution in [0.4, 0.5) is 0 Å². The molecule has 2 unspecified atom stereocenters. The lowest BCUT2D eigenvalue weighted by Crippen LogP contribution is -2.26. The van der Waals surface area contributed by atoms with Crippen molar-refractivity contribution in [3.63, 3.8) is 0 Å². The lowest BCUT2D eigenvalue weighted by atomic mass is 9.68. The maximum absolute atomic E-state index is 3.97. The van der Waals surface area contributed by atoms with E-state index in [1.807, 2.05) is 6.08 Å². The Hall–Kier alpha value is -0.780. The molecule has 0 radical (unpaired) electrons. The molecule has 0 heteroatoms. The molecule has 0 bridgehead atoms.